The van der Waals surface area contributed by atoms with E-state index in [0.29, 0.717) is 0 Å². The largest absolute Gasteiger partial charge is 0.494 e. The topological polar surface area (TPSA) is 26.2 Å². The third kappa shape index (κ3) is 3.55. The third-order valence-electron chi connectivity index (χ3n) is 2.47. The van der Waals surface area contributed by atoms with E-state index in [1.54, 1.807) is 0 Å². The van der Waals surface area contributed by atoms with Crippen molar-refractivity contribution in [1.82, 2.24) is 4.68 Å². The second-order valence-corrected chi connectivity index (χ2v) is 3.92. The summed E-state index contributed by atoms with van der Waals surface area (Å²) in [6.07, 6.45) is 5.01. The van der Waals surface area contributed by atoms with Gasteiger partial charge >= 0.3 is 0 Å². The number of hydrogen-bond acceptors (Lipinski definition) is 2. The van der Waals surface area contributed by atoms with Crippen molar-refractivity contribution >= 4 is 0 Å². The standard InChI is InChI=1S/C14H18N2O/c1-2-11-17-14-7-5-13(6-8-14)12-15-16-9-3-4-10-16/h3-10,15H,2,11-12H2,1H3. The van der Waals surface area contributed by atoms with Crippen LogP contribution in [0.4, 0.5) is 0 Å². The molecule has 1 N–H and O–H groups in total. The van der Waals surface area contributed by atoms with Crippen molar-refractivity contribution in [2.75, 3.05) is 12.0 Å². The van der Waals surface area contributed by atoms with E-state index in [9.17, 15) is 0 Å². The molecule has 0 saturated carbocycles. The number of ether oxygens (including phenoxy) is 1. The highest BCUT2D eigenvalue weighted by Crippen LogP contribution is 2.12. The Morgan fingerprint density at radius 3 is 2.47 bits per heavy atom. The first-order valence-corrected chi connectivity index (χ1v) is 5.97. The smallest absolute Gasteiger partial charge is 0.119 e. The number of rotatable bonds is 6. The Morgan fingerprint density at radius 2 is 1.82 bits per heavy atom. The molecule has 90 valence electrons. The molecule has 0 aliphatic heterocycles. The van der Waals surface area contributed by atoms with Gasteiger partial charge in [-0.3, -0.25) is 4.68 Å². The first kappa shape index (κ1) is 11.6. The van der Waals surface area contributed by atoms with Gasteiger partial charge < -0.3 is 10.2 Å². The van der Waals surface area contributed by atoms with Crippen LogP contribution < -0.4 is 10.2 Å². The maximum absolute atomic E-state index is 5.53. The summed E-state index contributed by atoms with van der Waals surface area (Å²) in [5.41, 5.74) is 4.52. The van der Waals surface area contributed by atoms with Crippen molar-refractivity contribution in [2.24, 2.45) is 0 Å². The molecule has 0 aliphatic rings. The zero-order chi connectivity index (χ0) is 11.9. The van der Waals surface area contributed by atoms with Crippen LogP contribution in [-0.4, -0.2) is 11.3 Å². The molecular formula is C14H18N2O. The number of benzene rings is 1. The summed E-state index contributed by atoms with van der Waals surface area (Å²) in [6, 6.07) is 12.2. The lowest BCUT2D eigenvalue weighted by molar-refractivity contribution is 0.317. The molecule has 17 heavy (non-hydrogen) atoms. The van der Waals surface area contributed by atoms with Crippen LogP contribution in [0, 0.1) is 0 Å². The molecule has 0 unspecified atom stereocenters. The summed E-state index contributed by atoms with van der Waals surface area (Å²) in [5.74, 6) is 0.941. The van der Waals surface area contributed by atoms with E-state index in [1.807, 2.05) is 41.3 Å². The van der Waals surface area contributed by atoms with E-state index < -0.39 is 0 Å². The molecule has 0 spiro atoms. The van der Waals surface area contributed by atoms with Crippen LogP contribution in [0.15, 0.2) is 48.8 Å². The Hall–Kier alpha value is -1.90. The fourth-order valence-corrected chi connectivity index (χ4v) is 1.55. The molecule has 0 radical (unpaired) electrons. The minimum absolute atomic E-state index is 0.779. The lowest BCUT2D eigenvalue weighted by Crippen LogP contribution is -2.11. The van der Waals surface area contributed by atoms with Gasteiger partial charge in [0.25, 0.3) is 0 Å². The Bertz CT molecular complexity index is 420. The fraction of sp³-hybridized carbons (Fsp3) is 0.286. The van der Waals surface area contributed by atoms with Crippen molar-refractivity contribution in [2.45, 2.75) is 19.9 Å². The lowest BCUT2D eigenvalue weighted by atomic mass is 10.2. The summed E-state index contributed by atoms with van der Waals surface area (Å²) in [4.78, 5) is 0. The van der Waals surface area contributed by atoms with Gasteiger partial charge in [-0.25, -0.2) is 0 Å². The third-order valence-corrected chi connectivity index (χ3v) is 2.47. The van der Waals surface area contributed by atoms with Gasteiger partial charge in [0.2, 0.25) is 0 Å². The molecule has 0 saturated heterocycles. The Labute approximate surface area is 102 Å². The monoisotopic (exact) mass is 230 g/mol. The maximum atomic E-state index is 5.53. The van der Waals surface area contributed by atoms with Crippen molar-refractivity contribution in [3.05, 3.63) is 54.4 Å². The van der Waals surface area contributed by atoms with Gasteiger partial charge in [0.15, 0.2) is 0 Å². The average molecular weight is 230 g/mol. The first-order valence-electron chi connectivity index (χ1n) is 5.97. The Morgan fingerprint density at radius 1 is 1.12 bits per heavy atom. The van der Waals surface area contributed by atoms with Crippen LogP contribution in [0.1, 0.15) is 18.9 Å². The number of nitrogens with zero attached hydrogens (tertiary/aromatic N) is 1. The summed E-state index contributed by atoms with van der Waals surface area (Å²) >= 11 is 0. The number of hydrogen-bond donors (Lipinski definition) is 1. The maximum Gasteiger partial charge on any atom is 0.119 e. The SMILES string of the molecule is CCCOc1ccc(CNn2cccc2)cc1. The average Bonchev–Trinajstić information content (AvgIpc) is 2.88. The van der Waals surface area contributed by atoms with E-state index >= 15 is 0 Å². The van der Waals surface area contributed by atoms with Crippen LogP contribution >= 0.6 is 0 Å². The Kier molecular flexibility index (Phi) is 4.08. The summed E-state index contributed by atoms with van der Waals surface area (Å²) in [6.45, 7) is 3.69. The van der Waals surface area contributed by atoms with Gasteiger partial charge in [-0.1, -0.05) is 19.1 Å². The van der Waals surface area contributed by atoms with Crippen LogP contribution in [0.3, 0.4) is 0 Å². The summed E-state index contributed by atoms with van der Waals surface area (Å²) in [5, 5.41) is 0. The summed E-state index contributed by atoms with van der Waals surface area (Å²) in [7, 11) is 0. The molecule has 0 amide bonds. The van der Waals surface area contributed by atoms with Crippen molar-refractivity contribution < 1.29 is 4.74 Å². The van der Waals surface area contributed by atoms with Gasteiger partial charge in [-0.05, 0) is 36.2 Å². The van der Waals surface area contributed by atoms with Crippen LogP contribution in [0.25, 0.3) is 0 Å². The van der Waals surface area contributed by atoms with E-state index in [-0.39, 0.29) is 0 Å². The van der Waals surface area contributed by atoms with Crippen molar-refractivity contribution in [3.63, 3.8) is 0 Å². The second kappa shape index (κ2) is 5.99. The minimum atomic E-state index is 0.779. The predicted octanol–water partition coefficient (Wildman–Crippen LogP) is 3.02. The van der Waals surface area contributed by atoms with Gasteiger partial charge in [0, 0.05) is 12.4 Å². The van der Waals surface area contributed by atoms with Gasteiger partial charge in [0.1, 0.15) is 5.75 Å². The number of aromatic nitrogens is 1. The zero-order valence-electron chi connectivity index (χ0n) is 10.1. The first-order chi connectivity index (χ1) is 8.38. The minimum Gasteiger partial charge on any atom is -0.494 e. The van der Waals surface area contributed by atoms with Crippen molar-refractivity contribution in [3.8, 4) is 5.75 Å². The van der Waals surface area contributed by atoms with Gasteiger partial charge in [-0.15, -0.1) is 0 Å². The Balaban J connectivity index is 1.85. The highest BCUT2D eigenvalue weighted by molar-refractivity contribution is 5.27. The van der Waals surface area contributed by atoms with Gasteiger partial charge in [0.05, 0.1) is 13.2 Å². The molecule has 1 aromatic carbocycles. The highest BCUT2D eigenvalue weighted by Gasteiger charge is 1.95. The zero-order valence-corrected chi connectivity index (χ0v) is 10.1. The molecule has 0 bridgehead atoms. The normalized spacial score (nSPS) is 10.2. The second-order valence-electron chi connectivity index (χ2n) is 3.92. The van der Waals surface area contributed by atoms with E-state index in [4.69, 9.17) is 4.74 Å². The highest BCUT2D eigenvalue weighted by atomic mass is 16.5. The van der Waals surface area contributed by atoms with Crippen LogP contribution in [0.5, 0.6) is 5.75 Å². The molecule has 0 fully saturated rings. The molecule has 0 atom stereocenters. The van der Waals surface area contributed by atoms with Crippen LogP contribution in [0.2, 0.25) is 0 Å². The van der Waals surface area contributed by atoms with E-state index in [1.165, 1.54) is 5.56 Å². The molecule has 2 aromatic rings. The van der Waals surface area contributed by atoms with E-state index in [2.05, 4.69) is 24.5 Å². The molecule has 1 aromatic heterocycles. The fourth-order valence-electron chi connectivity index (χ4n) is 1.55. The van der Waals surface area contributed by atoms with Crippen molar-refractivity contribution in [1.29, 1.82) is 0 Å². The van der Waals surface area contributed by atoms with E-state index in [0.717, 1.165) is 25.3 Å². The van der Waals surface area contributed by atoms with Gasteiger partial charge in [-0.2, -0.15) is 0 Å². The molecule has 0 aliphatic carbocycles. The predicted molar refractivity (Wildman–Crippen MR) is 69.7 cm³/mol. The molecular weight excluding hydrogens is 212 g/mol. The molecule has 3 nitrogen and oxygen atoms in total. The quantitative estimate of drug-likeness (QED) is 0.825. The lowest BCUT2D eigenvalue weighted by Gasteiger charge is -2.08. The molecule has 3 heteroatoms. The number of nitrogens with one attached hydrogen (secondary N) is 1. The summed E-state index contributed by atoms with van der Waals surface area (Å²) < 4.78 is 7.48. The molecule has 2 rings (SSSR count). The van der Waals surface area contributed by atoms with Crippen LogP contribution in [-0.2, 0) is 6.54 Å². The molecule has 1 heterocycles.